The van der Waals surface area contributed by atoms with Gasteiger partial charge in [-0.2, -0.15) is 5.26 Å². The Kier molecular flexibility index (Phi) is 5.31. The molecule has 1 aromatic rings. The predicted octanol–water partition coefficient (Wildman–Crippen LogP) is 1.58. The number of carbonyl (C=O) groups is 3. The summed E-state index contributed by atoms with van der Waals surface area (Å²) in [6.07, 6.45) is 0.641. The number of nitriles is 1. The van der Waals surface area contributed by atoms with Gasteiger partial charge in [-0.3, -0.25) is 9.59 Å². The molecule has 142 valence electrons. The average molecular weight is 370 g/mol. The molecule has 0 atom stereocenters. The fourth-order valence-corrected chi connectivity index (χ4v) is 3.19. The third-order valence-corrected chi connectivity index (χ3v) is 4.94. The van der Waals surface area contributed by atoms with Crippen LogP contribution in [-0.4, -0.2) is 60.5 Å². The lowest BCUT2D eigenvalue weighted by Gasteiger charge is -2.35. The second-order valence-electron chi connectivity index (χ2n) is 6.71. The Balaban J connectivity index is 1.60. The van der Waals surface area contributed by atoms with E-state index >= 15 is 0 Å². The highest BCUT2D eigenvalue weighted by molar-refractivity contribution is 6.13. The highest BCUT2D eigenvalue weighted by Gasteiger charge is 2.58. The van der Waals surface area contributed by atoms with Crippen LogP contribution < -0.4 is 5.32 Å². The summed E-state index contributed by atoms with van der Waals surface area (Å²) in [4.78, 5) is 40.6. The quantitative estimate of drug-likeness (QED) is 0.811. The second kappa shape index (κ2) is 7.66. The minimum Gasteiger partial charge on any atom is -0.450 e. The zero-order valence-corrected chi connectivity index (χ0v) is 15.2. The van der Waals surface area contributed by atoms with Crippen LogP contribution in [0.3, 0.4) is 0 Å². The zero-order valence-electron chi connectivity index (χ0n) is 15.2. The monoisotopic (exact) mass is 370 g/mol. The van der Waals surface area contributed by atoms with Crippen LogP contribution in [0.4, 0.5) is 10.5 Å². The molecule has 3 rings (SSSR count). The average Bonchev–Trinajstić information content (AvgIpc) is 3.50. The molecule has 2 fully saturated rings. The Morgan fingerprint density at radius 1 is 1.19 bits per heavy atom. The van der Waals surface area contributed by atoms with E-state index in [0.717, 1.165) is 0 Å². The van der Waals surface area contributed by atoms with Gasteiger partial charge in [0.05, 0.1) is 18.2 Å². The highest BCUT2D eigenvalue weighted by atomic mass is 16.6. The van der Waals surface area contributed by atoms with Crippen molar-refractivity contribution in [2.45, 2.75) is 19.8 Å². The summed E-state index contributed by atoms with van der Waals surface area (Å²) in [5, 5.41) is 11.7. The molecule has 27 heavy (non-hydrogen) atoms. The van der Waals surface area contributed by atoms with Crippen molar-refractivity contribution in [1.82, 2.24) is 9.80 Å². The Hall–Kier alpha value is -3.08. The predicted molar refractivity (Wildman–Crippen MR) is 96.6 cm³/mol. The summed E-state index contributed by atoms with van der Waals surface area (Å²) < 4.78 is 4.98. The lowest BCUT2D eigenvalue weighted by atomic mass is 10.0. The van der Waals surface area contributed by atoms with Gasteiger partial charge in [0.2, 0.25) is 11.8 Å². The van der Waals surface area contributed by atoms with E-state index in [1.165, 1.54) is 0 Å². The minimum atomic E-state index is -1.03. The van der Waals surface area contributed by atoms with Crippen LogP contribution in [0.5, 0.6) is 0 Å². The van der Waals surface area contributed by atoms with Crippen LogP contribution in [-0.2, 0) is 14.3 Å². The van der Waals surface area contributed by atoms with Crippen molar-refractivity contribution in [1.29, 1.82) is 5.26 Å². The molecule has 1 aliphatic heterocycles. The van der Waals surface area contributed by atoms with Crippen molar-refractivity contribution in [3.8, 4) is 6.07 Å². The van der Waals surface area contributed by atoms with Gasteiger partial charge in [0.1, 0.15) is 5.41 Å². The summed E-state index contributed by atoms with van der Waals surface area (Å²) in [5.74, 6) is -0.532. The number of carbonyl (C=O) groups excluding carboxylic acids is 3. The van der Waals surface area contributed by atoms with Crippen molar-refractivity contribution >= 4 is 23.6 Å². The van der Waals surface area contributed by atoms with Gasteiger partial charge >= 0.3 is 6.09 Å². The van der Waals surface area contributed by atoms with E-state index in [2.05, 4.69) is 5.32 Å². The molecule has 2 aliphatic rings. The molecule has 0 unspecified atom stereocenters. The van der Waals surface area contributed by atoms with Gasteiger partial charge in [0.25, 0.3) is 0 Å². The number of amides is 3. The third-order valence-electron chi connectivity index (χ3n) is 4.94. The van der Waals surface area contributed by atoms with Crippen molar-refractivity contribution in [2.24, 2.45) is 5.41 Å². The normalized spacial score (nSPS) is 17.6. The summed E-state index contributed by atoms with van der Waals surface area (Å²) in [5.41, 5.74) is -0.0845. The Labute approximate surface area is 157 Å². The Morgan fingerprint density at radius 3 is 2.44 bits per heavy atom. The van der Waals surface area contributed by atoms with E-state index in [0.29, 0.717) is 56.9 Å². The number of hydrogen-bond donors (Lipinski definition) is 1. The summed E-state index contributed by atoms with van der Waals surface area (Å²) in [6, 6.07) is 8.63. The maximum atomic E-state index is 12.9. The second-order valence-corrected chi connectivity index (χ2v) is 6.71. The number of hydrogen-bond acceptors (Lipinski definition) is 5. The number of piperazine rings is 1. The fourth-order valence-electron chi connectivity index (χ4n) is 3.19. The van der Waals surface area contributed by atoms with Gasteiger partial charge < -0.3 is 19.9 Å². The first kappa shape index (κ1) is 18.7. The molecular weight excluding hydrogens is 348 g/mol. The lowest BCUT2D eigenvalue weighted by molar-refractivity contribution is -0.143. The smallest absolute Gasteiger partial charge is 0.409 e. The SMILES string of the molecule is CCOC(=O)N1CCN(C(=O)C2(C(=O)Nc3cccc(C#N)c3)CC2)CC1. The highest BCUT2D eigenvalue weighted by Crippen LogP contribution is 2.48. The Morgan fingerprint density at radius 2 is 1.85 bits per heavy atom. The molecule has 1 N–H and O–H groups in total. The number of benzene rings is 1. The van der Waals surface area contributed by atoms with Crippen LogP contribution >= 0.6 is 0 Å². The molecule has 8 nitrogen and oxygen atoms in total. The first-order valence-electron chi connectivity index (χ1n) is 9.03. The molecule has 0 spiro atoms. The minimum absolute atomic E-state index is 0.194. The first-order valence-corrected chi connectivity index (χ1v) is 9.03. The zero-order chi connectivity index (χ0) is 19.4. The van der Waals surface area contributed by atoms with Gasteiger partial charge in [-0.1, -0.05) is 6.07 Å². The van der Waals surface area contributed by atoms with E-state index in [9.17, 15) is 14.4 Å². The lowest BCUT2D eigenvalue weighted by Crippen LogP contribution is -2.53. The van der Waals surface area contributed by atoms with Crippen molar-refractivity contribution in [2.75, 3.05) is 38.1 Å². The summed E-state index contributed by atoms with van der Waals surface area (Å²) in [7, 11) is 0. The molecule has 8 heteroatoms. The molecule has 1 saturated heterocycles. The van der Waals surface area contributed by atoms with Crippen molar-refractivity contribution < 1.29 is 19.1 Å². The van der Waals surface area contributed by atoms with Crippen LogP contribution in [0.1, 0.15) is 25.3 Å². The van der Waals surface area contributed by atoms with Crippen LogP contribution in [0.15, 0.2) is 24.3 Å². The first-order chi connectivity index (χ1) is 13.0. The van der Waals surface area contributed by atoms with E-state index < -0.39 is 5.41 Å². The molecule has 0 radical (unpaired) electrons. The maximum absolute atomic E-state index is 12.9. The summed E-state index contributed by atoms with van der Waals surface area (Å²) >= 11 is 0. The molecule has 1 heterocycles. The van der Waals surface area contributed by atoms with Gasteiger partial charge in [-0.15, -0.1) is 0 Å². The van der Waals surface area contributed by atoms with Gasteiger partial charge in [0, 0.05) is 31.9 Å². The van der Waals surface area contributed by atoms with E-state index in [-0.39, 0.29) is 17.9 Å². The van der Waals surface area contributed by atoms with Crippen molar-refractivity contribution in [3.63, 3.8) is 0 Å². The molecule has 1 saturated carbocycles. The fraction of sp³-hybridized carbons (Fsp3) is 0.474. The molecule has 1 aromatic carbocycles. The van der Waals surface area contributed by atoms with E-state index in [4.69, 9.17) is 10.00 Å². The molecule has 3 amide bonds. The third kappa shape index (κ3) is 3.87. The standard InChI is InChI=1S/C19H22N4O4/c1-2-27-18(26)23-10-8-22(9-11-23)17(25)19(6-7-19)16(24)21-15-5-3-4-14(12-15)13-20/h3-5,12H,2,6-11H2,1H3,(H,21,24). The van der Waals surface area contributed by atoms with E-state index in [1.807, 2.05) is 6.07 Å². The molecule has 0 bridgehead atoms. The van der Waals surface area contributed by atoms with Crippen LogP contribution in [0.2, 0.25) is 0 Å². The number of rotatable bonds is 4. The van der Waals surface area contributed by atoms with Crippen LogP contribution in [0, 0.1) is 16.7 Å². The van der Waals surface area contributed by atoms with Gasteiger partial charge in [0.15, 0.2) is 0 Å². The number of nitrogens with zero attached hydrogens (tertiary/aromatic N) is 3. The Bertz CT molecular complexity index is 789. The van der Waals surface area contributed by atoms with Crippen molar-refractivity contribution in [3.05, 3.63) is 29.8 Å². The van der Waals surface area contributed by atoms with Gasteiger partial charge in [-0.05, 0) is 38.0 Å². The topological polar surface area (TPSA) is 103 Å². The number of nitrogens with one attached hydrogen (secondary N) is 1. The van der Waals surface area contributed by atoms with E-state index in [1.54, 1.807) is 41.0 Å². The largest absolute Gasteiger partial charge is 0.450 e. The molecule has 0 aromatic heterocycles. The van der Waals surface area contributed by atoms with Crippen LogP contribution in [0.25, 0.3) is 0 Å². The maximum Gasteiger partial charge on any atom is 0.409 e. The summed E-state index contributed by atoms with van der Waals surface area (Å²) in [6.45, 7) is 3.62. The molecule has 1 aliphatic carbocycles. The number of anilines is 1. The van der Waals surface area contributed by atoms with Gasteiger partial charge in [-0.25, -0.2) is 4.79 Å². The molecular formula is C19H22N4O4. The number of ether oxygens (including phenoxy) is 1.